The summed E-state index contributed by atoms with van der Waals surface area (Å²) in [6.45, 7) is 7.94. The third-order valence-electron chi connectivity index (χ3n) is 3.99. The Labute approximate surface area is 120 Å². The summed E-state index contributed by atoms with van der Waals surface area (Å²) in [5, 5.41) is 2.58. The van der Waals surface area contributed by atoms with Crippen molar-refractivity contribution in [3.8, 4) is 0 Å². The van der Waals surface area contributed by atoms with Crippen LogP contribution in [0.2, 0.25) is 0 Å². The van der Waals surface area contributed by atoms with E-state index in [1.165, 1.54) is 0 Å². The van der Waals surface area contributed by atoms with Crippen molar-refractivity contribution in [1.82, 2.24) is 5.32 Å². The third-order valence-corrected chi connectivity index (χ3v) is 3.99. The highest BCUT2D eigenvalue weighted by molar-refractivity contribution is 6.62. The second-order valence-electron chi connectivity index (χ2n) is 6.06. The zero-order chi connectivity index (χ0) is 15.1. The average Bonchev–Trinajstić information content (AvgIpc) is 2.57. The number of amides is 1. The summed E-state index contributed by atoms with van der Waals surface area (Å²) in [4.78, 5) is 11.7. The van der Waals surface area contributed by atoms with Crippen LogP contribution in [0.5, 0.6) is 0 Å². The second kappa shape index (κ2) is 4.79. The number of carbonyl (C=O) groups is 1. The van der Waals surface area contributed by atoms with E-state index >= 15 is 0 Å². The summed E-state index contributed by atoms with van der Waals surface area (Å²) in [7, 11) is 1.06. The lowest BCUT2D eigenvalue weighted by Crippen LogP contribution is -2.41. The Balaban J connectivity index is 2.35. The normalized spacial score (nSPS) is 19.9. The molecule has 3 N–H and O–H groups in total. The van der Waals surface area contributed by atoms with Crippen LogP contribution in [0.3, 0.4) is 0 Å². The Morgan fingerprint density at radius 2 is 1.70 bits per heavy atom. The van der Waals surface area contributed by atoms with Gasteiger partial charge in [-0.15, -0.1) is 0 Å². The smallest absolute Gasteiger partial charge is 0.399 e. The summed E-state index contributed by atoms with van der Waals surface area (Å²) in [5.74, 6) is -0.185. The van der Waals surface area contributed by atoms with E-state index in [0.717, 1.165) is 5.46 Å². The van der Waals surface area contributed by atoms with E-state index in [1.807, 2.05) is 27.7 Å². The Kier molecular flexibility index (Phi) is 3.56. The number of nitrogens with one attached hydrogen (secondary N) is 1. The van der Waals surface area contributed by atoms with Crippen molar-refractivity contribution >= 4 is 24.2 Å². The molecule has 0 aliphatic carbocycles. The number of carbonyl (C=O) groups excluding carboxylic acids is 1. The van der Waals surface area contributed by atoms with Gasteiger partial charge in [-0.2, -0.15) is 0 Å². The molecule has 1 saturated heterocycles. The summed E-state index contributed by atoms with van der Waals surface area (Å²) in [5.41, 5.74) is 6.78. The van der Waals surface area contributed by atoms with Crippen LogP contribution in [0.25, 0.3) is 0 Å². The molecule has 1 aromatic rings. The van der Waals surface area contributed by atoms with Gasteiger partial charge in [-0.1, -0.05) is 0 Å². The van der Waals surface area contributed by atoms with E-state index in [1.54, 1.807) is 25.2 Å². The van der Waals surface area contributed by atoms with Crippen molar-refractivity contribution in [3.05, 3.63) is 23.8 Å². The van der Waals surface area contributed by atoms with E-state index in [9.17, 15) is 4.79 Å². The predicted octanol–water partition coefficient (Wildman–Crippen LogP) is 0.928. The van der Waals surface area contributed by atoms with Crippen LogP contribution in [-0.2, 0) is 9.31 Å². The lowest BCUT2D eigenvalue weighted by atomic mass is 9.78. The molecule has 0 unspecified atom stereocenters. The Morgan fingerprint density at radius 1 is 1.15 bits per heavy atom. The fraction of sp³-hybridized carbons (Fsp3) is 0.500. The Hall–Kier alpha value is -1.53. The standard InChI is InChI=1S/C14H21BN2O3/c1-13(2)14(3,4)20-15(19-13)10-6-9(12(18)17-5)7-11(16)8-10/h6-8H,16H2,1-5H3,(H,17,18). The molecular weight excluding hydrogens is 255 g/mol. The van der Waals surface area contributed by atoms with Gasteiger partial charge in [-0.3, -0.25) is 4.79 Å². The van der Waals surface area contributed by atoms with E-state index in [2.05, 4.69) is 5.32 Å². The largest absolute Gasteiger partial charge is 0.494 e. The monoisotopic (exact) mass is 276 g/mol. The molecule has 1 aromatic carbocycles. The molecule has 1 amide bonds. The second-order valence-corrected chi connectivity index (χ2v) is 6.06. The Morgan fingerprint density at radius 3 is 2.20 bits per heavy atom. The lowest BCUT2D eigenvalue weighted by molar-refractivity contribution is 0.00578. The molecule has 1 heterocycles. The molecule has 0 spiro atoms. The van der Waals surface area contributed by atoms with Crippen LogP contribution in [0.15, 0.2) is 18.2 Å². The lowest BCUT2D eigenvalue weighted by Gasteiger charge is -2.32. The van der Waals surface area contributed by atoms with Gasteiger partial charge in [0.2, 0.25) is 0 Å². The number of benzene rings is 1. The molecule has 1 aliphatic rings. The first kappa shape index (κ1) is 14.9. The van der Waals surface area contributed by atoms with E-state index in [-0.39, 0.29) is 5.91 Å². The number of nitrogens with two attached hydrogens (primary N) is 1. The predicted molar refractivity (Wildman–Crippen MR) is 80.0 cm³/mol. The SMILES string of the molecule is CNC(=O)c1cc(N)cc(B2OC(C)(C)C(C)(C)O2)c1. The maximum absolute atomic E-state index is 11.7. The maximum Gasteiger partial charge on any atom is 0.494 e. The molecule has 1 fully saturated rings. The topological polar surface area (TPSA) is 73.6 Å². The molecule has 0 saturated carbocycles. The highest BCUT2D eigenvalue weighted by atomic mass is 16.7. The van der Waals surface area contributed by atoms with Crippen molar-refractivity contribution in [1.29, 1.82) is 0 Å². The highest BCUT2D eigenvalue weighted by Crippen LogP contribution is 2.36. The van der Waals surface area contributed by atoms with Gasteiger partial charge in [0.05, 0.1) is 11.2 Å². The molecule has 0 atom stereocenters. The van der Waals surface area contributed by atoms with Crippen molar-refractivity contribution in [2.45, 2.75) is 38.9 Å². The van der Waals surface area contributed by atoms with Gasteiger partial charge in [-0.25, -0.2) is 0 Å². The number of anilines is 1. The van der Waals surface area contributed by atoms with Crippen LogP contribution in [0.1, 0.15) is 38.1 Å². The number of hydrogen-bond acceptors (Lipinski definition) is 4. The minimum absolute atomic E-state index is 0.185. The van der Waals surface area contributed by atoms with Gasteiger partial charge in [0.15, 0.2) is 0 Å². The van der Waals surface area contributed by atoms with Crippen LogP contribution < -0.4 is 16.5 Å². The number of nitrogen functional groups attached to an aromatic ring is 1. The minimum Gasteiger partial charge on any atom is -0.399 e. The van der Waals surface area contributed by atoms with Crippen molar-refractivity contribution in [2.75, 3.05) is 12.8 Å². The molecule has 108 valence electrons. The summed E-state index contributed by atoms with van der Waals surface area (Å²) >= 11 is 0. The van der Waals surface area contributed by atoms with Crippen LogP contribution >= 0.6 is 0 Å². The molecule has 2 rings (SSSR count). The fourth-order valence-corrected chi connectivity index (χ4v) is 2.07. The Bertz CT molecular complexity index is 527. The molecular formula is C14H21BN2O3. The molecule has 1 aliphatic heterocycles. The van der Waals surface area contributed by atoms with E-state index in [0.29, 0.717) is 11.3 Å². The first-order chi connectivity index (χ1) is 9.16. The van der Waals surface area contributed by atoms with Crippen molar-refractivity contribution in [2.24, 2.45) is 0 Å². The van der Waals surface area contributed by atoms with Gasteiger partial charge in [0.25, 0.3) is 5.91 Å². The summed E-state index contributed by atoms with van der Waals surface area (Å²) in [6.07, 6.45) is 0. The minimum atomic E-state index is -0.521. The van der Waals surface area contributed by atoms with Gasteiger partial charge in [-0.05, 0) is 51.4 Å². The summed E-state index contributed by atoms with van der Waals surface area (Å²) < 4.78 is 11.9. The molecule has 5 nitrogen and oxygen atoms in total. The van der Waals surface area contributed by atoms with Crippen LogP contribution in [0.4, 0.5) is 5.69 Å². The van der Waals surface area contributed by atoms with E-state index < -0.39 is 18.3 Å². The fourth-order valence-electron chi connectivity index (χ4n) is 2.07. The molecule has 0 bridgehead atoms. The number of hydrogen-bond donors (Lipinski definition) is 2. The van der Waals surface area contributed by atoms with Gasteiger partial charge in [0, 0.05) is 18.3 Å². The number of rotatable bonds is 2. The molecule has 20 heavy (non-hydrogen) atoms. The first-order valence-corrected chi connectivity index (χ1v) is 6.64. The summed E-state index contributed by atoms with van der Waals surface area (Å²) in [6, 6.07) is 5.15. The quantitative estimate of drug-likeness (QED) is 0.622. The van der Waals surface area contributed by atoms with Crippen molar-refractivity contribution < 1.29 is 14.1 Å². The van der Waals surface area contributed by atoms with Gasteiger partial charge < -0.3 is 20.4 Å². The molecule has 0 aromatic heterocycles. The average molecular weight is 276 g/mol. The zero-order valence-corrected chi connectivity index (χ0v) is 12.6. The van der Waals surface area contributed by atoms with Crippen LogP contribution in [-0.4, -0.2) is 31.3 Å². The molecule has 6 heteroatoms. The van der Waals surface area contributed by atoms with Gasteiger partial charge >= 0.3 is 7.12 Å². The molecule has 0 radical (unpaired) electrons. The van der Waals surface area contributed by atoms with Crippen LogP contribution in [0, 0.1) is 0 Å². The first-order valence-electron chi connectivity index (χ1n) is 6.64. The third kappa shape index (κ3) is 2.53. The van der Waals surface area contributed by atoms with Gasteiger partial charge in [0.1, 0.15) is 0 Å². The zero-order valence-electron chi connectivity index (χ0n) is 12.6. The van der Waals surface area contributed by atoms with Crippen molar-refractivity contribution in [3.63, 3.8) is 0 Å². The highest BCUT2D eigenvalue weighted by Gasteiger charge is 2.51. The van der Waals surface area contributed by atoms with E-state index in [4.69, 9.17) is 15.0 Å². The maximum atomic E-state index is 11.7.